The topological polar surface area (TPSA) is 98.7 Å². The van der Waals surface area contributed by atoms with Crippen molar-refractivity contribution >= 4 is 31.3 Å². The molecular formula is C24H32BN3O6. The van der Waals surface area contributed by atoms with E-state index in [1.165, 1.54) is 4.90 Å². The van der Waals surface area contributed by atoms with Crippen molar-refractivity contribution in [3.05, 3.63) is 23.8 Å². The number of benzene rings is 1. The average Bonchev–Trinajstić information content (AvgIpc) is 3.18. The number of guanidine groups is 1. The number of alkyl carbamates (subject to hydrolysis) is 1. The molecule has 1 saturated carbocycles. The highest BCUT2D eigenvalue weighted by Gasteiger charge is 2.59. The van der Waals surface area contributed by atoms with Crippen LogP contribution in [0.2, 0.25) is 0 Å². The lowest BCUT2D eigenvalue weighted by Gasteiger charge is -2.53. The lowest BCUT2D eigenvalue weighted by Crippen LogP contribution is -2.60. The Morgan fingerprint density at radius 1 is 1.29 bits per heavy atom. The second-order valence-electron chi connectivity index (χ2n) is 10.7. The van der Waals surface area contributed by atoms with Gasteiger partial charge in [0.25, 0.3) is 0 Å². The van der Waals surface area contributed by atoms with E-state index >= 15 is 0 Å². The maximum atomic E-state index is 13.3. The molecule has 10 heteroatoms. The highest BCUT2D eigenvalue weighted by atomic mass is 16.7. The molecule has 0 bridgehead atoms. The Bertz CT molecular complexity index is 1050. The summed E-state index contributed by atoms with van der Waals surface area (Å²) in [6, 6.07) is 5.99. The molecule has 3 aliphatic heterocycles. The van der Waals surface area contributed by atoms with Gasteiger partial charge in [0.2, 0.25) is 11.9 Å². The zero-order valence-electron chi connectivity index (χ0n) is 20.5. The first-order valence-electron chi connectivity index (χ1n) is 11.9. The van der Waals surface area contributed by atoms with Crippen LogP contribution in [0.4, 0.5) is 4.79 Å². The van der Waals surface area contributed by atoms with E-state index in [1.54, 1.807) is 27.8 Å². The predicted molar refractivity (Wildman–Crippen MR) is 127 cm³/mol. The third-order valence-corrected chi connectivity index (χ3v) is 7.13. The molecule has 3 atom stereocenters. The van der Waals surface area contributed by atoms with Gasteiger partial charge in [-0.1, -0.05) is 17.6 Å². The molecule has 1 N–H and O–H groups in total. The first-order valence-corrected chi connectivity index (χ1v) is 11.9. The van der Waals surface area contributed by atoms with Crippen LogP contribution < -0.4 is 15.5 Å². The molecule has 2 spiro atoms. The quantitative estimate of drug-likeness (QED) is 0.574. The Labute approximate surface area is 200 Å². The number of hydrogen-bond acceptors (Lipinski definition) is 7. The van der Waals surface area contributed by atoms with Gasteiger partial charge in [0.15, 0.2) is 5.79 Å². The van der Waals surface area contributed by atoms with Crippen molar-refractivity contribution in [1.29, 1.82) is 0 Å². The first-order chi connectivity index (χ1) is 16.0. The van der Waals surface area contributed by atoms with Crippen molar-refractivity contribution < 1.29 is 28.5 Å². The molecule has 1 aromatic carbocycles. The molecule has 1 saturated heterocycles. The van der Waals surface area contributed by atoms with Gasteiger partial charge in [0.1, 0.15) is 30.8 Å². The van der Waals surface area contributed by atoms with Gasteiger partial charge in [-0.25, -0.2) is 9.79 Å². The fraction of sp³-hybridized carbons (Fsp3) is 0.625. The molecule has 3 unspecified atom stereocenters. The number of ether oxygens (including phenoxy) is 4. The summed E-state index contributed by atoms with van der Waals surface area (Å²) in [7, 11) is 3.63. The zero-order chi connectivity index (χ0) is 24.3. The summed E-state index contributed by atoms with van der Waals surface area (Å²) in [5, 5.41) is 2.72. The van der Waals surface area contributed by atoms with Crippen molar-refractivity contribution in [2.75, 3.05) is 20.3 Å². The van der Waals surface area contributed by atoms with Gasteiger partial charge >= 0.3 is 6.09 Å². The SMILES string of the molecule is Bc1ccc2c(c1)C1(CC(=O)N(C)C(NC(=O)OC(C)(C)C)=N1)C1CCC3(CC1O2)OCCO3. The van der Waals surface area contributed by atoms with E-state index in [1.807, 2.05) is 26.0 Å². The summed E-state index contributed by atoms with van der Waals surface area (Å²) in [4.78, 5) is 32.4. The summed E-state index contributed by atoms with van der Waals surface area (Å²) in [5.41, 5.74) is 0.394. The molecule has 2 fully saturated rings. The Kier molecular flexibility index (Phi) is 5.44. The molecule has 0 aromatic heterocycles. The fourth-order valence-electron chi connectivity index (χ4n) is 5.64. The second-order valence-corrected chi connectivity index (χ2v) is 10.7. The monoisotopic (exact) mass is 469 g/mol. The Morgan fingerprint density at radius 3 is 2.74 bits per heavy atom. The highest BCUT2D eigenvalue weighted by molar-refractivity contribution is 6.32. The maximum Gasteiger partial charge on any atom is 0.414 e. The van der Waals surface area contributed by atoms with Crippen LogP contribution in [-0.4, -0.2) is 68.5 Å². The van der Waals surface area contributed by atoms with E-state index in [2.05, 4.69) is 5.32 Å². The molecule has 182 valence electrons. The number of amides is 2. The Hall–Kier alpha value is -2.59. The number of nitrogens with one attached hydrogen (secondary N) is 1. The summed E-state index contributed by atoms with van der Waals surface area (Å²) in [6.45, 7) is 6.52. The van der Waals surface area contributed by atoms with E-state index in [0.717, 1.165) is 17.4 Å². The summed E-state index contributed by atoms with van der Waals surface area (Å²) < 4.78 is 23.9. The zero-order valence-corrected chi connectivity index (χ0v) is 20.5. The lowest BCUT2D eigenvalue weighted by atomic mass is 9.64. The molecule has 34 heavy (non-hydrogen) atoms. The molecule has 2 amide bonds. The number of rotatable bonds is 0. The molecular weight excluding hydrogens is 437 g/mol. The average molecular weight is 469 g/mol. The highest BCUT2D eigenvalue weighted by Crippen LogP contribution is 2.55. The van der Waals surface area contributed by atoms with Crippen molar-refractivity contribution in [2.24, 2.45) is 10.9 Å². The van der Waals surface area contributed by atoms with Gasteiger partial charge in [0.05, 0.1) is 19.6 Å². The minimum Gasteiger partial charge on any atom is -0.489 e. The van der Waals surface area contributed by atoms with Gasteiger partial charge in [-0.15, -0.1) is 0 Å². The summed E-state index contributed by atoms with van der Waals surface area (Å²) in [6.07, 6.45) is 1.31. The van der Waals surface area contributed by atoms with Crippen molar-refractivity contribution in [1.82, 2.24) is 10.2 Å². The van der Waals surface area contributed by atoms with E-state index in [4.69, 9.17) is 23.9 Å². The molecule has 4 aliphatic rings. The molecule has 9 nitrogen and oxygen atoms in total. The normalized spacial score (nSPS) is 29.8. The maximum absolute atomic E-state index is 13.3. The summed E-state index contributed by atoms with van der Waals surface area (Å²) >= 11 is 0. The van der Waals surface area contributed by atoms with Crippen LogP contribution in [0.15, 0.2) is 23.2 Å². The number of carbonyl (C=O) groups is 2. The largest absolute Gasteiger partial charge is 0.489 e. The molecule has 0 radical (unpaired) electrons. The van der Waals surface area contributed by atoms with Crippen LogP contribution in [-0.2, 0) is 24.5 Å². The van der Waals surface area contributed by atoms with Crippen LogP contribution in [0.5, 0.6) is 5.75 Å². The summed E-state index contributed by atoms with van der Waals surface area (Å²) in [5.74, 6) is 0.0597. The predicted octanol–water partition coefficient (Wildman–Crippen LogP) is 1.19. The van der Waals surface area contributed by atoms with Gasteiger partial charge < -0.3 is 18.9 Å². The number of aliphatic imine (C=N–C) groups is 1. The molecule has 3 heterocycles. The van der Waals surface area contributed by atoms with Crippen LogP contribution in [0.25, 0.3) is 0 Å². The van der Waals surface area contributed by atoms with Gasteiger partial charge in [0, 0.05) is 31.4 Å². The first kappa shape index (κ1) is 23.2. The second kappa shape index (κ2) is 7.98. The molecule has 5 rings (SSSR count). The lowest BCUT2D eigenvalue weighted by molar-refractivity contribution is -0.210. The van der Waals surface area contributed by atoms with Crippen molar-refractivity contribution in [3.63, 3.8) is 0 Å². The number of hydrogen-bond donors (Lipinski definition) is 1. The van der Waals surface area contributed by atoms with Crippen LogP contribution in [0.3, 0.4) is 0 Å². The van der Waals surface area contributed by atoms with Crippen molar-refractivity contribution in [3.8, 4) is 5.75 Å². The number of nitrogens with zero attached hydrogens (tertiary/aromatic N) is 2. The third-order valence-electron chi connectivity index (χ3n) is 7.13. The van der Waals surface area contributed by atoms with Crippen LogP contribution >= 0.6 is 0 Å². The van der Waals surface area contributed by atoms with Crippen LogP contribution in [0.1, 0.15) is 52.0 Å². The van der Waals surface area contributed by atoms with E-state index < -0.39 is 23.0 Å². The molecule has 1 aromatic rings. The minimum atomic E-state index is -0.863. The third kappa shape index (κ3) is 3.96. The molecule has 1 aliphatic carbocycles. The number of fused-ring (bicyclic) bond motifs is 4. The standard InChI is InChI=1S/C24H32BN3O6/c1-22(2,3)34-21(30)26-20-27-24(13-19(29)28(20)4)15-7-8-23(31-9-10-32-23)12-18(15)33-17-6-5-14(25)11-16(17)24/h5-6,11,15,18H,7-10,12-13,25H2,1-4H3,(H,26,27,30). The van der Waals surface area contributed by atoms with E-state index in [9.17, 15) is 9.59 Å². The Balaban J connectivity index is 1.58. The number of carbonyl (C=O) groups excluding carboxylic acids is 2. The Morgan fingerprint density at radius 2 is 2.03 bits per heavy atom. The van der Waals surface area contributed by atoms with Gasteiger partial charge in [-0.05, 0) is 33.3 Å². The van der Waals surface area contributed by atoms with E-state index in [-0.39, 0.29) is 30.3 Å². The minimum absolute atomic E-state index is 0.0756. The van der Waals surface area contributed by atoms with Crippen LogP contribution in [0, 0.1) is 5.92 Å². The smallest absolute Gasteiger partial charge is 0.414 e. The van der Waals surface area contributed by atoms with Gasteiger partial charge in [-0.3, -0.25) is 15.0 Å². The fourth-order valence-corrected chi connectivity index (χ4v) is 5.64. The van der Waals surface area contributed by atoms with E-state index in [0.29, 0.717) is 31.8 Å². The van der Waals surface area contributed by atoms with Gasteiger partial charge in [-0.2, -0.15) is 0 Å². The van der Waals surface area contributed by atoms with Crippen molar-refractivity contribution in [2.45, 2.75) is 69.5 Å².